The molecule has 0 aliphatic rings. The number of thioether (sulfide) groups is 1. The number of amides is 2. The van der Waals surface area contributed by atoms with Crippen LogP contribution in [0, 0.1) is 0 Å². The van der Waals surface area contributed by atoms with Crippen LogP contribution in [-0.2, 0) is 4.79 Å². The lowest BCUT2D eigenvalue weighted by Gasteiger charge is -2.13. The van der Waals surface area contributed by atoms with Crippen LogP contribution in [-0.4, -0.2) is 17.6 Å². The Balaban J connectivity index is 1.87. The van der Waals surface area contributed by atoms with E-state index in [2.05, 4.69) is 5.32 Å². The number of rotatable bonds is 6. The smallest absolute Gasteiger partial charge is 0.248 e. The van der Waals surface area contributed by atoms with Crippen molar-refractivity contribution in [3.05, 3.63) is 64.7 Å². The molecule has 1 atom stereocenters. The average molecular weight is 349 g/mol. The van der Waals surface area contributed by atoms with Crippen molar-refractivity contribution < 1.29 is 9.59 Å². The normalized spacial score (nSPS) is 11.7. The number of hydrogen-bond donors (Lipinski definition) is 2. The van der Waals surface area contributed by atoms with Crippen molar-refractivity contribution in [3.8, 4) is 0 Å². The van der Waals surface area contributed by atoms with E-state index in [0.29, 0.717) is 22.0 Å². The average Bonchev–Trinajstić information content (AvgIpc) is 2.53. The fourth-order valence-electron chi connectivity index (χ4n) is 2.01. The highest BCUT2D eigenvalue weighted by Crippen LogP contribution is 2.32. The van der Waals surface area contributed by atoms with E-state index in [1.165, 1.54) is 11.8 Å². The van der Waals surface area contributed by atoms with Gasteiger partial charge < -0.3 is 11.1 Å². The van der Waals surface area contributed by atoms with Crippen LogP contribution in [0.3, 0.4) is 0 Å². The van der Waals surface area contributed by atoms with Crippen molar-refractivity contribution in [1.82, 2.24) is 0 Å². The Hall–Kier alpha value is -1.98. The molecule has 0 aromatic heterocycles. The minimum atomic E-state index is -0.494. The van der Waals surface area contributed by atoms with Crippen molar-refractivity contribution in [3.63, 3.8) is 0 Å². The molecule has 0 spiro atoms. The van der Waals surface area contributed by atoms with Crippen molar-refractivity contribution in [1.29, 1.82) is 0 Å². The lowest BCUT2D eigenvalue weighted by atomic mass is 10.2. The third-order valence-electron chi connectivity index (χ3n) is 3.26. The van der Waals surface area contributed by atoms with Crippen molar-refractivity contribution in [2.24, 2.45) is 5.73 Å². The molecule has 23 heavy (non-hydrogen) atoms. The molecule has 0 aliphatic heterocycles. The monoisotopic (exact) mass is 348 g/mol. The van der Waals surface area contributed by atoms with Crippen LogP contribution in [0.5, 0.6) is 0 Å². The molecule has 0 aliphatic carbocycles. The largest absolute Gasteiger partial charge is 0.366 e. The van der Waals surface area contributed by atoms with Crippen LogP contribution in [0.15, 0.2) is 48.5 Å². The number of hydrogen-bond acceptors (Lipinski definition) is 3. The Kier molecular flexibility index (Phi) is 6.07. The van der Waals surface area contributed by atoms with E-state index in [4.69, 9.17) is 17.3 Å². The SMILES string of the molecule is C[C@@H](SCC(=O)Nc1ccc(C(N)=O)cc1)c1ccccc1Cl. The van der Waals surface area contributed by atoms with Gasteiger partial charge in [0.15, 0.2) is 0 Å². The van der Waals surface area contributed by atoms with Gasteiger partial charge in [-0.2, -0.15) is 0 Å². The van der Waals surface area contributed by atoms with Crippen molar-refractivity contribution in [2.75, 3.05) is 11.1 Å². The summed E-state index contributed by atoms with van der Waals surface area (Å²) < 4.78 is 0. The Morgan fingerprint density at radius 1 is 1.17 bits per heavy atom. The maximum atomic E-state index is 12.0. The highest BCUT2D eigenvalue weighted by molar-refractivity contribution is 8.00. The van der Waals surface area contributed by atoms with Crippen LogP contribution < -0.4 is 11.1 Å². The van der Waals surface area contributed by atoms with Gasteiger partial charge in [0.05, 0.1) is 5.75 Å². The van der Waals surface area contributed by atoms with Gasteiger partial charge in [-0.1, -0.05) is 29.8 Å². The molecule has 0 bridgehead atoms. The summed E-state index contributed by atoms with van der Waals surface area (Å²) in [4.78, 5) is 23.0. The quantitative estimate of drug-likeness (QED) is 0.832. The van der Waals surface area contributed by atoms with Gasteiger partial charge in [0.25, 0.3) is 0 Å². The first kappa shape index (κ1) is 17.4. The summed E-state index contributed by atoms with van der Waals surface area (Å²) >= 11 is 7.66. The Morgan fingerprint density at radius 3 is 2.43 bits per heavy atom. The number of nitrogens with one attached hydrogen (secondary N) is 1. The predicted octanol–water partition coefficient (Wildman–Crippen LogP) is 3.87. The number of benzene rings is 2. The molecule has 2 aromatic rings. The van der Waals surface area contributed by atoms with E-state index >= 15 is 0 Å². The van der Waals surface area contributed by atoms with E-state index in [1.54, 1.807) is 24.3 Å². The molecule has 0 heterocycles. The molecule has 0 unspecified atom stereocenters. The van der Waals surface area contributed by atoms with E-state index < -0.39 is 5.91 Å². The zero-order valence-electron chi connectivity index (χ0n) is 12.6. The maximum Gasteiger partial charge on any atom is 0.248 e. The van der Waals surface area contributed by atoms with E-state index in [1.807, 2.05) is 31.2 Å². The second-order valence-corrected chi connectivity index (χ2v) is 6.70. The highest BCUT2D eigenvalue weighted by atomic mass is 35.5. The summed E-state index contributed by atoms with van der Waals surface area (Å²) in [5.41, 5.74) is 7.22. The van der Waals surface area contributed by atoms with Gasteiger partial charge >= 0.3 is 0 Å². The van der Waals surface area contributed by atoms with E-state index in [9.17, 15) is 9.59 Å². The lowest BCUT2D eigenvalue weighted by molar-refractivity contribution is -0.113. The number of carbonyl (C=O) groups excluding carboxylic acids is 2. The lowest BCUT2D eigenvalue weighted by Crippen LogP contribution is -2.15. The van der Waals surface area contributed by atoms with Crippen LogP contribution in [0.1, 0.15) is 28.1 Å². The van der Waals surface area contributed by atoms with Gasteiger partial charge in [0.2, 0.25) is 11.8 Å². The van der Waals surface area contributed by atoms with Gasteiger partial charge in [-0.05, 0) is 42.8 Å². The van der Waals surface area contributed by atoms with Gasteiger partial charge in [-0.15, -0.1) is 11.8 Å². The first-order chi connectivity index (χ1) is 11.0. The first-order valence-corrected chi connectivity index (χ1v) is 8.46. The summed E-state index contributed by atoms with van der Waals surface area (Å²) in [7, 11) is 0. The predicted molar refractivity (Wildman–Crippen MR) is 95.9 cm³/mol. The zero-order chi connectivity index (χ0) is 16.8. The fraction of sp³-hybridized carbons (Fsp3) is 0.176. The zero-order valence-corrected chi connectivity index (χ0v) is 14.2. The van der Waals surface area contributed by atoms with Crippen molar-refractivity contribution in [2.45, 2.75) is 12.2 Å². The van der Waals surface area contributed by atoms with Crippen LogP contribution in [0.2, 0.25) is 5.02 Å². The number of anilines is 1. The maximum absolute atomic E-state index is 12.0. The molecular formula is C17H17ClN2O2S. The summed E-state index contributed by atoms with van der Waals surface area (Å²) in [6.07, 6.45) is 0. The Labute approximate surface area is 144 Å². The molecule has 6 heteroatoms. The fourth-order valence-corrected chi connectivity index (χ4v) is 3.23. The molecule has 2 rings (SSSR count). The molecule has 4 nitrogen and oxygen atoms in total. The van der Waals surface area contributed by atoms with Crippen molar-refractivity contribution >= 4 is 40.9 Å². The molecular weight excluding hydrogens is 332 g/mol. The molecule has 2 aromatic carbocycles. The Morgan fingerprint density at radius 2 is 1.83 bits per heavy atom. The van der Waals surface area contributed by atoms with E-state index in [0.717, 1.165) is 5.56 Å². The van der Waals surface area contributed by atoms with Crippen LogP contribution >= 0.6 is 23.4 Å². The van der Waals surface area contributed by atoms with E-state index in [-0.39, 0.29) is 11.2 Å². The Bertz CT molecular complexity index is 704. The topological polar surface area (TPSA) is 72.2 Å². The number of primary amides is 1. The van der Waals surface area contributed by atoms with Gasteiger partial charge in [-0.25, -0.2) is 0 Å². The molecule has 3 N–H and O–H groups in total. The highest BCUT2D eigenvalue weighted by Gasteiger charge is 2.12. The van der Waals surface area contributed by atoms with Crippen LogP contribution in [0.25, 0.3) is 0 Å². The number of nitrogens with two attached hydrogens (primary N) is 1. The molecule has 0 saturated heterocycles. The number of halogens is 1. The third kappa shape index (κ3) is 5.01. The molecule has 0 fully saturated rings. The standard InChI is InChI=1S/C17H17ClN2O2S/c1-11(14-4-2-3-5-15(14)18)23-10-16(21)20-13-8-6-12(7-9-13)17(19)22/h2-9,11H,10H2,1H3,(H2,19,22)(H,20,21)/t11-/m1/s1. The summed E-state index contributed by atoms with van der Waals surface area (Å²) in [6.45, 7) is 2.01. The summed E-state index contributed by atoms with van der Waals surface area (Å²) in [5, 5.41) is 3.61. The van der Waals surface area contributed by atoms with Gasteiger partial charge in [0.1, 0.15) is 0 Å². The molecule has 120 valence electrons. The molecule has 0 radical (unpaired) electrons. The second kappa shape index (κ2) is 8.04. The minimum absolute atomic E-state index is 0.110. The summed E-state index contributed by atoms with van der Waals surface area (Å²) in [5.74, 6) is -0.294. The van der Waals surface area contributed by atoms with Gasteiger partial charge in [0, 0.05) is 21.5 Å². The third-order valence-corrected chi connectivity index (χ3v) is 4.79. The first-order valence-electron chi connectivity index (χ1n) is 7.03. The second-order valence-electron chi connectivity index (χ2n) is 4.96. The van der Waals surface area contributed by atoms with Crippen LogP contribution in [0.4, 0.5) is 5.69 Å². The molecule has 2 amide bonds. The molecule has 0 saturated carbocycles. The minimum Gasteiger partial charge on any atom is -0.366 e. The van der Waals surface area contributed by atoms with Gasteiger partial charge in [-0.3, -0.25) is 9.59 Å². The number of carbonyl (C=O) groups is 2. The summed E-state index contributed by atoms with van der Waals surface area (Å²) in [6, 6.07) is 14.1.